The first-order valence-electron chi connectivity index (χ1n) is 7.64. The smallest absolute Gasteiger partial charge is 0.213 e. The molecule has 0 saturated heterocycles. The Morgan fingerprint density at radius 2 is 1.91 bits per heavy atom. The molecular weight excluding hydrogens is 276 g/mol. The summed E-state index contributed by atoms with van der Waals surface area (Å²) >= 11 is 0. The standard InChI is InChI=1S/C17H24N4O/c1-5-10-22-15-11-13(6-8-18-15)12-20-14-7-9-19-16(21-14)17(2,3)4/h6-9,11H,5,10,12H2,1-4H3,(H,19,20,21). The second-order valence-electron chi connectivity index (χ2n) is 6.22. The number of rotatable bonds is 6. The molecule has 2 rings (SSSR count). The van der Waals surface area contributed by atoms with Crippen LogP contribution in [0.1, 0.15) is 45.5 Å². The Morgan fingerprint density at radius 1 is 1.14 bits per heavy atom. The Bertz CT molecular complexity index is 608. The second kappa shape index (κ2) is 7.20. The van der Waals surface area contributed by atoms with Gasteiger partial charge in [0.25, 0.3) is 0 Å². The minimum Gasteiger partial charge on any atom is -0.478 e. The van der Waals surface area contributed by atoms with Crippen LogP contribution in [-0.4, -0.2) is 21.6 Å². The Morgan fingerprint density at radius 3 is 2.64 bits per heavy atom. The van der Waals surface area contributed by atoms with E-state index in [2.05, 4.69) is 48.0 Å². The maximum absolute atomic E-state index is 5.55. The Kier molecular flexibility index (Phi) is 5.31. The molecule has 2 heterocycles. The Hall–Kier alpha value is -2.17. The normalized spacial score (nSPS) is 11.3. The monoisotopic (exact) mass is 300 g/mol. The van der Waals surface area contributed by atoms with Crippen molar-refractivity contribution >= 4 is 5.82 Å². The van der Waals surface area contributed by atoms with Crippen LogP contribution in [0.2, 0.25) is 0 Å². The summed E-state index contributed by atoms with van der Waals surface area (Å²) in [6.07, 6.45) is 4.53. The van der Waals surface area contributed by atoms with E-state index in [1.54, 1.807) is 12.4 Å². The first kappa shape index (κ1) is 16.2. The molecule has 118 valence electrons. The van der Waals surface area contributed by atoms with Gasteiger partial charge in [0, 0.05) is 30.4 Å². The van der Waals surface area contributed by atoms with Crippen molar-refractivity contribution < 1.29 is 4.74 Å². The van der Waals surface area contributed by atoms with Crippen molar-refractivity contribution in [1.29, 1.82) is 0 Å². The lowest BCUT2D eigenvalue weighted by Crippen LogP contribution is -2.16. The lowest BCUT2D eigenvalue weighted by atomic mass is 9.96. The summed E-state index contributed by atoms with van der Waals surface area (Å²) < 4.78 is 5.55. The molecule has 0 bridgehead atoms. The first-order valence-corrected chi connectivity index (χ1v) is 7.64. The Balaban J connectivity index is 2.01. The van der Waals surface area contributed by atoms with Gasteiger partial charge in [0.15, 0.2) is 0 Å². The number of pyridine rings is 1. The average molecular weight is 300 g/mol. The van der Waals surface area contributed by atoms with Gasteiger partial charge < -0.3 is 10.1 Å². The lowest BCUT2D eigenvalue weighted by molar-refractivity contribution is 0.305. The molecule has 0 amide bonds. The quantitative estimate of drug-likeness (QED) is 0.883. The van der Waals surface area contributed by atoms with Crippen LogP contribution in [-0.2, 0) is 12.0 Å². The van der Waals surface area contributed by atoms with Crippen LogP contribution in [0.25, 0.3) is 0 Å². The van der Waals surface area contributed by atoms with Gasteiger partial charge in [-0.25, -0.2) is 15.0 Å². The largest absolute Gasteiger partial charge is 0.478 e. The second-order valence-corrected chi connectivity index (χ2v) is 6.22. The minimum atomic E-state index is -0.0600. The average Bonchev–Trinajstić information content (AvgIpc) is 2.51. The Labute approximate surface area is 132 Å². The maximum atomic E-state index is 5.55. The zero-order chi connectivity index (χ0) is 16.0. The van der Waals surface area contributed by atoms with E-state index in [1.807, 2.05) is 18.2 Å². The summed E-state index contributed by atoms with van der Waals surface area (Å²) in [5.74, 6) is 2.33. The molecule has 0 aromatic carbocycles. The van der Waals surface area contributed by atoms with Gasteiger partial charge in [-0.3, -0.25) is 0 Å². The van der Waals surface area contributed by atoms with Gasteiger partial charge in [0.1, 0.15) is 11.6 Å². The number of nitrogens with zero attached hydrogens (tertiary/aromatic N) is 3. The molecular formula is C17H24N4O. The molecule has 0 aliphatic carbocycles. The van der Waals surface area contributed by atoms with Gasteiger partial charge in [-0.1, -0.05) is 27.7 Å². The van der Waals surface area contributed by atoms with Crippen LogP contribution in [0.3, 0.4) is 0 Å². The molecule has 0 radical (unpaired) electrons. The molecule has 5 nitrogen and oxygen atoms in total. The van der Waals surface area contributed by atoms with Gasteiger partial charge >= 0.3 is 0 Å². The lowest BCUT2D eigenvalue weighted by Gasteiger charge is -2.17. The summed E-state index contributed by atoms with van der Waals surface area (Å²) in [5, 5.41) is 3.32. The van der Waals surface area contributed by atoms with Crippen molar-refractivity contribution in [2.75, 3.05) is 11.9 Å². The molecule has 2 aromatic heterocycles. The van der Waals surface area contributed by atoms with Crippen LogP contribution in [0.4, 0.5) is 5.82 Å². The van der Waals surface area contributed by atoms with Crippen LogP contribution >= 0.6 is 0 Å². The molecule has 0 aliphatic heterocycles. The predicted octanol–water partition coefficient (Wildman–Crippen LogP) is 3.57. The molecule has 0 atom stereocenters. The highest BCUT2D eigenvalue weighted by Crippen LogP contribution is 2.19. The summed E-state index contributed by atoms with van der Waals surface area (Å²) in [6, 6.07) is 5.80. The number of aromatic nitrogens is 3. The van der Waals surface area contributed by atoms with Crippen molar-refractivity contribution in [2.24, 2.45) is 0 Å². The number of ether oxygens (including phenoxy) is 1. The number of anilines is 1. The van der Waals surface area contributed by atoms with Crippen molar-refractivity contribution in [3.05, 3.63) is 42.0 Å². The fourth-order valence-corrected chi connectivity index (χ4v) is 1.86. The zero-order valence-electron chi connectivity index (χ0n) is 13.8. The van der Waals surface area contributed by atoms with Gasteiger partial charge in [0.05, 0.1) is 6.61 Å². The molecule has 0 spiro atoms. The first-order chi connectivity index (χ1) is 10.5. The number of nitrogens with one attached hydrogen (secondary N) is 1. The highest BCUT2D eigenvalue weighted by molar-refractivity contribution is 5.35. The van der Waals surface area contributed by atoms with E-state index < -0.39 is 0 Å². The van der Waals surface area contributed by atoms with Crippen molar-refractivity contribution in [2.45, 2.75) is 46.1 Å². The van der Waals surface area contributed by atoms with Crippen LogP contribution < -0.4 is 10.1 Å². The number of hydrogen-bond donors (Lipinski definition) is 1. The fourth-order valence-electron chi connectivity index (χ4n) is 1.86. The van der Waals surface area contributed by atoms with E-state index in [1.165, 1.54) is 0 Å². The third kappa shape index (κ3) is 4.69. The van der Waals surface area contributed by atoms with Gasteiger partial charge in [-0.2, -0.15) is 0 Å². The van der Waals surface area contributed by atoms with E-state index in [4.69, 9.17) is 4.74 Å². The van der Waals surface area contributed by atoms with Crippen LogP contribution in [0.15, 0.2) is 30.6 Å². The summed E-state index contributed by atoms with van der Waals surface area (Å²) in [7, 11) is 0. The highest BCUT2D eigenvalue weighted by Gasteiger charge is 2.17. The summed E-state index contributed by atoms with van der Waals surface area (Å²) in [4.78, 5) is 13.1. The molecule has 0 fully saturated rings. The summed E-state index contributed by atoms with van der Waals surface area (Å²) in [6.45, 7) is 9.74. The summed E-state index contributed by atoms with van der Waals surface area (Å²) in [5.41, 5.74) is 1.05. The highest BCUT2D eigenvalue weighted by atomic mass is 16.5. The van der Waals surface area contributed by atoms with E-state index in [-0.39, 0.29) is 5.41 Å². The zero-order valence-corrected chi connectivity index (χ0v) is 13.8. The molecule has 0 unspecified atom stereocenters. The van der Waals surface area contributed by atoms with E-state index in [0.717, 1.165) is 23.6 Å². The SMILES string of the molecule is CCCOc1cc(CNc2ccnc(C(C)(C)C)n2)ccn1. The maximum Gasteiger partial charge on any atom is 0.213 e. The predicted molar refractivity (Wildman–Crippen MR) is 88.1 cm³/mol. The van der Waals surface area contributed by atoms with Gasteiger partial charge in [0.2, 0.25) is 5.88 Å². The molecule has 1 N–H and O–H groups in total. The molecule has 5 heteroatoms. The topological polar surface area (TPSA) is 59.9 Å². The fraction of sp³-hybridized carbons (Fsp3) is 0.471. The van der Waals surface area contributed by atoms with E-state index in [9.17, 15) is 0 Å². The minimum absolute atomic E-state index is 0.0600. The third-order valence-corrected chi connectivity index (χ3v) is 3.05. The van der Waals surface area contributed by atoms with Gasteiger partial charge in [-0.15, -0.1) is 0 Å². The molecule has 22 heavy (non-hydrogen) atoms. The molecule has 0 aliphatic rings. The van der Waals surface area contributed by atoms with E-state index in [0.29, 0.717) is 19.0 Å². The van der Waals surface area contributed by atoms with Crippen molar-refractivity contribution in [1.82, 2.24) is 15.0 Å². The van der Waals surface area contributed by atoms with Crippen LogP contribution in [0.5, 0.6) is 5.88 Å². The van der Waals surface area contributed by atoms with Crippen molar-refractivity contribution in [3.8, 4) is 5.88 Å². The van der Waals surface area contributed by atoms with E-state index >= 15 is 0 Å². The van der Waals surface area contributed by atoms with Crippen LogP contribution in [0, 0.1) is 0 Å². The number of hydrogen-bond acceptors (Lipinski definition) is 5. The van der Waals surface area contributed by atoms with Crippen molar-refractivity contribution in [3.63, 3.8) is 0 Å². The molecule has 2 aromatic rings. The third-order valence-electron chi connectivity index (χ3n) is 3.05. The molecule has 0 saturated carbocycles. The van der Waals surface area contributed by atoms with Gasteiger partial charge in [-0.05, 0) is 24.1 Å².